The second-order valence-electron chi connectivity index (χ2n) is 7.86. The zero-order valence-electron chi connectivity index (χ0n) is 13.3. The number of fused-ring (bicyclic) bond motifs is 1. The van der Waals surface area contributed by atoms with Crippen LogP contribution in [0.3, 0.4) is 0 Å². The second kappa shape index (κ2) is 5.01. The maximum Gasteiger partial charge on any atom is 0.307 e. The first-order valence-electron chi connectivity index (χ1n) is 7.60. The van der Waals surface area contributed by atoms with Gasteiger partial charge in [-0.1, -0.05) is 45.9 Å². The van der Waals surface area contributed by atoms with E-state index in [2.05, 4.69) is 45.9 Å². The van der Waals surface area contributed by atoms with Crippen molar-refractivity contribution in [2.24, 2.45) is 5.92 Å². The van der Waals surface area contributed by atoms with Crippen molar-refractivity contribution in [1.29, 1.82) is 0 Å². The lowest BCUT2D eigenvalue weighted by Gasteiger charge is -2.42. The van der Waals surface area contributed by atoms with Crippen LogP contribution in [0.2, 0.25) is 0 Å². The van der Waals surface area contributed by atoms with E-state index in [-0.39, 0.29) is 35.1 Å². The Labute approximate surface area is 133 Å². The highest BCUT2D eigenvalue weighted by Gasteiger charge is 2.45. The molecule has 3 rings (SSSR count). The van der Waals surface area contributed by atoms with Gasteiger partial charge in [0.2, 0.25) is 0 Å². The van der Waals surface area contributed by atoms with Crippen LogP contribution in [0.15, 0.2) is 18.2 Å². The Morgan fingerprint density at radius 1 is 1.10 bits per heavy atom. The fourth-order valence-corrected chi connectivity index (χ4v) is 3.67. The number of halogens is 1. The molecule has 1 N–H and O–H groups in total. The largest absolute Gasteiger partial charge is 0.481 e. The molecular weight excluding hydrogens is 284 g/mol. The highest BCUT2D eigenvalue weighted by Crippen LogP contribution is 2.51. The highest BCUT2D eigenvalue weighted by molar-refractivity contribution is 5.85. The topological polar surface area (TPSA) is 37.3 Å². The van der Waals surface area contributed by atoms with Crippen LogP contribution in [-0.4, -0.2) is 11.1 Å². The molecule has 3 heteroatoms. The Morgan fingerprint density at radius 3 is 2.19 bits per heavy atom. The third-order valence-electron chi connectivity index (χ3n) is 5.41. The van der Waals surface area contributed by atoms with Gasteiger partial charge in [-0.15, -0.1) is 12.4 Å². The highest BCUT2D eigenvalue weighted by atomic mass is 35.5. The molecule has 0 amide bonds. The van der Waals surface area contributed by atoms with Crippen molar-refractivity contribution in [3.8, 4) is 0 Å². The Hall–Kier alpha value is -1.02. The molecule has 1 aromatic rings. The van der Waals surface area contributed by atoms with E-state index in [1.54, 1.807) is 0 Å². The summed E-state index contributed by atoms with van der Waals surface area (Å²) in [7, 11) is 0. The molecule has 0 heterocycles. The van der Waals surface area contributed by atoms with E-state index in [0.717, 1.165) is 6.42 Å². The molecule has 0 saturated heterocycles. The van der Waals surface area contributed by atoms with Crippen LogP contribution in [-0.2, 0) is 15.6 Å². The minimum Gasteiger partial charge on any atom is -0.481 e. The molecule has 0 bridgehead atoms. The van der Waals surface area contributed by atoms with Gasteiger partial charge in [0.25, 0.3) is 0 Å². The fraction of sp³-hybridized carbons (Fsp3) is 0.611. The maximum absolute atomic E-state index is 11.1. The van der Waals surface area contributed by atoms with Crippen molar-refractivity contribution in [3.05, 3.63) is 34.9 Å². The lowest BCUT2D eigenvalue weighted by atomic mass is 9.63. The van der Waals surface area contributed by atoms with Crippen LogP contribution >= 0.6 is 12.4 Å². The van der Waals surface area contributed by atoms with Gasteiger partial charge in [0.1, 0.15) is 0 Å². The number of carboxylic acid groups (broad SMARTS) is 1. The fourth-order valence-electron chi connectivity index (χ4n) is 3.67. The normalized spacial score (nSPS) is 28.2. The van der Waals surface area contributed by atoms with Crippen molar-refractivity contribution >= 4 is 18.4 Å². The van der Waals surface area contributed by atoms with E-state index in [9.17, 15) is 4.79 Å². The minimum absolute atomic E-state index is 0. The van der Waals surface area contributed by atoms with Gasteiger partial charge in [0, 0.05) is 0 Å². The van der Waals surface area contributed by atoms with Gasteiger partial charge in [-0.3, -0.25) is 4.79 Å². The lowest BCUT2D eigenvalue weighted by Crippen LogP contribution is -2.33. The number of hydrogen-bond donors (Lipinski definition) is 1. The predicted molar refractivity (Wildman–Crippen MR) is 87.5 cm³/mol. The van der Waals surface area contributed by atoms with E-state index in [0.29, 0.717) is 0 Å². The molecule has 0 spiro atoms. The van der Waals surface area contributed by atoms with Gasteiger partial charge >= 0.3 is 5.97 Å². The van der Waals surface area contributed by atoms with Gasteiger partial charge < -0.3 is 5.11 Å². The molecule has 0 radical (unpaired) electrons. The first kappa shape index (κ1) is 16.4. The summed E-state index contributed by atoms with van der Waals surface area (Å²) in [5.74, 6) is -0.571. The Kier molecular flexibility index (Phi) is 3.90. The number of benzene rings is 1. The van der Waals surface area contributed by atoms with Crippen molar-refractivity contribution in [2.75, 3.05) is 0 Å². The van der Waals surface area contributed by atoms with Crippen LogP contribution in [0.25, 0.3) is 0 Å². The van der Waals surface area contributed by atoms with Gasteiger partial charge in [-0.05, 0) is 52.7 Å². The summed E-state index contributed by atoms with van der Waals surface area (Å²) in [5.41, 5.74) is 4.54. The number of carbonyl (C=O) groups is 1. The molecule has 2 nitrogen and oxygen atoms in total. The van der Waals surface area contributed by atoms with E-state index in [4.69, 9.17) is 5.11 Å². The second-order valence-corrected chi connectivity index (χ2v) is 7.86. The van der Waals surface area contributed by atoms with Gasteiger partial charge in [0.15, 0.2) is 0 Å². The summed E-state index contributed by atoms with van der Waals surface area (Å²) in [6.45, 7) is 9.26. The molecule has 116 valence electrons. The van der Waals surface area contributed by atoms with Crippen LogP contribution in [0.1, 0.15) is 69.6 Å². The average Bonchev–Trinajstić information content (AvgIpc) is 3.15. The van der Waals surface area contributed by atoms with Crippen molar-refractivity contribution < 1.29 is 9.90 Å². The van der Waals surface area contributed by atoms with Crippen LogP contribution in [0.5, 0.6) is 0 Å². The standard InChI is InChI=1S/C18H24O2.ClH/c1-17(2)7-8-18(3,4)15-9-11(5-6-14(15)17)12-10-13(12)16(19)20;/h5-6,9,12-13H,7-8,10H2,1-4H3,(H,19,20);1H. The van der Waals surface area contributed by atoms with Gasteiger partial charge in [-0.25, -0.2) is 0 Å². The zero-order chi connectivity index (χ0) is 14.7. The van der Waals surface area contributed by atoms with Gasteiger partial charge in [0.05, 0.1) is 5.92 Å². The molecule has 2 aliphatic rings. The summed E-state index contributed by atoms with van der Waals surface area (Å²) in [5, 5.41) is 9.11. The van der Waals surface area contributed by atoms with Gasteiger partial charge in [-0.2, -0.15) is 0 Å². The molecule has 1 aromatic carbocycles. The van der Waals surface area contributed by atoms with Crippen molar-refractivity contribution in [2.45, 2.75) is 63.7 Å². The van der Waals surface area contributed by atoms with Crippen molar-refractivity contribution in [1.82, 2.24) is 0 Å². The number of hydrogen-bond acceptors (Lipinski definition) is 1. The third-order valence-corrected chi connectivity index (χ3v) is 5.41. The summed E-state index contributed by atoms with van der Waals surface area (Å²) >= 11 is 0. The van der Waals surface area contributed by atoms with E-state index in [1.165, 1.54) is 29.5 Å². The number of carboxylic acids is 1. The number of aliphatic carboxylic acids is 1. The number of rotatable bonds is 2. The minimum atomic E-state index is -0.646. The summed E-state index contributed by atoms with van der Waals surface area (Å²) in [4.78, 5) is 11.1. The van der Waals surface area contributed by atoms with Crippen LogP contribution in [0, 0.1) is 5.92 Å². The molecular formula is C18H25ClO2. The van der Waals surface area contributed by atoms with Crippen LogP contribution < -0.4 is 0 Å². The van der Waals surface area contributed by atoms with E-state index < -0.39 is 5.97 Å². The molecule has 1 saturated carbocycles. The molecule has 0 aromatic heterocycles. The quantitative estimate of drug-likeness (QED) is 0.863. The lowest BCUT2D eigenvalue weighted by molar-refractivity contribution is -0.138. The Bertz CT molecular complexity index is 575. The van der Waals surface area contributed by atoms with Crippen molar-refractivity contribution in [3.63, 3.8) is 0 Å². The molecule has 2 unspecified atom stereocenters. The summed E-state index contributed by atoms with van der Waals surface area (Å²) in [6.07, 6.45) is 3.22. The van der Waals surface area contributed by atoms with E-state index in [1.807, 2.05) is 0 Å². The smallest absolute Gasteiger partial charge is 0.307 e. The van der Waals surface area contributed by atoms with Crippen LogP contribution in [0.4, 0.5) is 0 Å². The molecule has 2 atom stereocenters. The molecule has 21 heavy (non-hydrogen) atoms. The average molecular weight is 309 g/mol. The SMILES string of the molecule is CC1(C)CCC(C)(C)c2cc(C3CC3C(=O)O)ccc21.Cl. The molecule has 1 fully saturated rings. The molecule has 2 aliphatic carbocycles. The Morgan fingerprint density at radius 2 is 1.67 bits per heavy atom. The summed E-state index contributed by atoms with van der Waals surface area (Å²) < 4.78 is 0. The monoisotopic (exact) mass is 308 g/mol. The van der Waals surface area contributed by atoms with E-state index >= 15 is 0 Å². The Balaban J connectivity index is 0.00000161. The first-order valence-corrected chi connectivity index (χ1v) is 7.60. The summed E-state index contributed by atoms with van der Waals surface area (Å²) in [6, 6.07) is 6.71. The zero-order valence-corrected chi connectivity index (χ0v) is 14.1. The first-order chi connectivity index (χ1) is 9.22. The third kappa shape index (κ3) is 2.70. The predicted octanol–water partition coefficient (Wildman–Crippen LogP) is 4.65. The molecule has 0 aliphatic heterocycles. The maximum atomic E-state index is 11.1.